The Hall–Kier alpha value is 0.928. The first-order valence-electron chi connectivity index (χ1n) is 2.60. The van der Waals surface area contributed by atoms with Crippen molar-refractivity contribution < 1.29 is 25.8 Å². The fourth-order valence-corrected chi connectivity index (χ4v) is 1.19. The summed E-state index contributed by atoms with van der Waals surface area (Å²) < 4.78 is 5.64. The molecule has 0 rings (SSSR count). The van der Waals surface area contributed by atoms with E-state index in [0.29, 0.717) is 11.0 Å². The van der Waals surface area contributed by atoms with Gasteiger partial charge >= 0.3 is 0 Å². The van der Waals surface area contributed by atoms with Crippen LogP contribution in [0.15, 0.2) is 0 Å². The predicted molar refractivity (Wildman–Crippen MR) is 42.4 cm³/mol. The second kappa shape index (κ2) is 8.93. The number of hydrogen-bond donors (Lipinski definition) is 0. The molecule has 0 saturated heterocycles. The van der Waals surface area contributed by atoms with Crippen LogP contribution in [-0.4, -0.2) is 16.7 Å². The number of thioether (sulfide) groups is 1. The fourth-order valence-electron chi connectivity index (χ4n) is 0.277. The Morgan fingerprint density at radius 2 is 2.11 bits per heavy atom. The summed E-state index contributed by atoms with van der Waals surface area (Å²) in [7, 11) is 0. The van der Waals surface area contributed by atoms with Gasteiger partial charge < -0.3 is 4.74 Å². The van der Waals surface area contributed by atoms with Gasteiger partial charge in [0, 0.05) is 21.1 Å². The second-order valence-electron chi connectivity index (χ2n) is 1.12. The van der Waals surface area contributed by atoms with Crippen molar-refractivity contribution in [3.8, 4) is 0 Å². The zero-order chi connectivity index (χ0) is 6.41. The van der Waals surface area contributed by atoms with E-state index in [1.807, 2.05) is 6.92 Å². The zero-order valence-corrected chi connectivity index (χ0v) is 9.36. The Morgan fingerprint density at radius 1 is 1.56 bits per heavy atom. The van der Waals surface area contributed by atoms with E-state index in [1.54, 1.807) is 11.8 Å². The molecule has 0 aliphatic carbocycles. The van der Waals surface area contributed by atoms with Gasteiger partial charge in [-0.25, -0.2) is 0 Å². The van der Waals surface area contributed by atoms with Crippen LogP contribution in [0.1, 0.15) is 13.8 Å². The predicted octanol–water partition coefficient (Wildman–Crippen LogP) is 2.06. The van der Waals surface area contributed by atoms with Crippen LogP contribution < -0.4 is 0 Å². The van der Waals surface area contributed by atoms with Gasteiger partial charge in [-0.05, 0) is 24.9 Å². The monoisotopic (exact) mass is 345 g/mol. The second-order valence-corrected chi connectivity index (χ2v) is 2.98. The maximum absolute atomic E-state index is 4.98. The van der Waals surface area contributed by atoms with E-state index in [4.69, 9.17) is 17.0 Å². The average Bonchev–Trinajstić information content (AvgIpc) is 1.68. The molecule has 0 aliphatic heterocycles. The van der Waals surface area contributed by atoms with Crippen LogP contribution in [0.5, 0.6) is 0 Å². The maximum Gasteiger partial charge on any atom is 0.219 e. The Morgan fingerprint density at radius 3 is 2.44 bits per heavy atom. The Kier molecular flexibility index (Phi) is 12.5. The van der Waals surface area contributed by atoms with Crippen molar-refractivity contribution >= 4 is 28.4 Å². The quantitative estimate of drug-likeness (QED) is 0.709. The van der Waals surface area contributed by atoms with Crippen LogP contribution in [0.3, 0.4) is 0 Å². The largest absolute Gasteiger partial charge is 0.479 e. The third-order valence-electron chi connectivity index (χ3n) is 0.524. The van der Waals surface area contributed by atoms with E-state index < -0.39 is 0 Å². The molecule has 0 radical (unpaired) electrons. The van der Waals surface area contributed by atoms with E-state index in [0.717, 1.165) is 5.75 Å². The number of hydrogen-bond acceptors (Lipinski definition) is 3. The molecule has 0 unspecified atom stereocenters. The topological polar surface area (TPSA) is 9.23 Å². The molecule has 0 aromatic carbocycles. The molecule has 0 fully saturated rings. The van der Waals surface area contributed by atoms with Crippen LogP contribution in [0.4, 0.5) is 0 Å². The van der Waals surface area contributed by atoms with E-state index in [1.165, 1.54) is 0 Å². The third kappa shape index (κ3) is 8.93. The summed E-state index contributed by atoms with van der Waals surface area (Å²) in [5.41, 5.74) is 0. The minimum absolute atomic E-state index is 0. The van der Waals surface area contributed by atoms with Crippen molar-refractivity contribution in [2.45, 2.75) is 13.8 Å². The van der Waals surface area contributed by atoms with Gasteiger partial charge in [-0.15, -0.1) is 0 Å². The zero-order valence-electron chi connectivity index (χ0n) is 5.46. The first-order valence-corrected chi connectivity index (χ1v) is 4.00. The number of rotatable bonds is 2. The summed E-state index contributed by atoms with van der Waals surface area (Å²) in [6.45, 7) is 4.67. The summed E-state index contributed by atoms with van der Waals surface area (Å²) in [6.07, 6.45) is 0. The molecule has 0 aromatic heterocycles. The summed E-state index contributed by atoms with van der Waals surface area (Å²) in [5.74, 6) is 0.999. The molecule has 0 spiro atoms. The Balaban J connectivity index is 0. The molecule has 0 heterocycles. The van der Waals surface area contributed by atoms with Crippen molar-refractivity contribution in [1.29, 1.82) is 0 Å². The molecule has 4 heteroatoms. The van der Waals surface area contributed by atoms with E-state index in [2.05, 4.69) is 6.92 Å². The first-order chi connectivity index (χ1) is 3.81. The summed E-state index contributed by atoms with van der Waals surface area (Å²) in [6, 6.07) is 0. The SMILES string of the molecule is CCOC(=S)SCC.[Pt]. The third-order valence-corrected chi connectivity index (χ3v) is 1.64. The fraction of sp³-hybridized carbons (Fsp3) is 0.800. The summed E-state index contributed by atoms with van der Waals surface area (Å²) >= 11 is 6.36. The molecule has 0 aromatic rings. The molecule has 0 amide bonds. The first kappa shape index (κ1) is 12.6. The Bertz CT molecular complexity index is 69.4. The van der Waals surface area contributed by atoms with Gasteiger partial charge in [0.2, 0.25) is 4.38 Å². The van der Waals surface area contributed by atoms with Gasteiger partial charge in [-0.2, -0.15) is 0 Å². The minimum Gasteiger partial charge on any atom is -0.479 e. The van der Waals surface area contributed by atoms with Gasteiger partial charge in [-0.3, -0.25) is 0 Å². The summed E-state index contributed by atoms with van der Waals surface area (Å²) in [4.78, 5) is 0. The van der Waals surface area contributed by atoms with Crippen molar-refractivity contribution in [2.75, 3.05) is 12.4 Å². The van der Waals surface area contributed by atoms with Crippen LogP contribution in [0.25, 0.3) is 0 Å². The average molecular weight is 345 g/mol. The molecule has 0 bridgehead atoms. The minimum atomic E-state index is 0. The Labute approximate surface area is 80.2 Å². The molecule has 1 nitrogen and oxygen atoms in total. The molecule has 0 saturated carbocycles. The normalized spacial score (nSPS) is 7.78. The van der Waals surface area contributed by atoms with Gasteiger partial charge in [0.1, 0.15) is 0 Å². The van der Waals surface area contributed by atoms with E-state index in [-0.39, 0.29) is 21.1 Å². The van der Waals surface area contributed by atoms with Crippen LogP contribution >= 0.6 is 24.0 Å². The van der Waals surface area contributed by atoms with Crippen molar-refractivity contribution in [3.05, 3.63) is 0 Å². The smallest absolute Gasteiger partial charge is 0.219 e. The molecule has 0 N–H and O–H groups in total. The molecular weight excluding hydrogens is 335 g/mol. The molecule has 9 heavy (non-hydrogen) atoms. The van der Waals surface area contributed by atoms with Crippen molar-refractivity contribution in [2.24, 2.45) is 0 Å². The van der Waals surface area contributed by atoms with Crippen LogP contribution in [-0.2, 0) is 25.8 Å². The number of ether oxygens (including phenoxy) is 1. The van der Waals surface area contributed by atoms with E-state index in [9.17, 15) is 0 Å². The van der Waals surface area contributed by atoms with Crippen molar-refractivity contribution in [1.82, 2.24) is 0 Å². The molecule has 0 aliphatic rings. The van der Waals surface area contributed by atoms with Gasteiger partial charge in [0.25, 0.3) is 0 Å². The van der Waals surface area contributed by atoms with E-state index >= 15 is 0 Å². The van der Waals surface area contributed by atoms with Crippen LogP contribution in [0, 0.1) is 0 Å². The standard InChI is InChI=1S/C5H10OS2.Pt/c1-3-6-5(7)8-4-2;/h3-4H2,1-2H3;. The van der Waals surface area contributed by atoms with Crippen molar-refractivity contribution in [3.63, 3.8) is 0 Å². The van der Waals surface area contributed by atoms with Gasteiger partial charge in [-0.1, -0.05) is 18.7 Å². The molecule has 58 valence electrons. The van der Waals surface area contributed by atoms with Crippen LogP contribution in [0.2, 0.25) is 0 Å². The van der Waals surface area contributed by atoms with Gasteiger partial charge in [0.15, 0.2) is 0 Å². The van der Waals surface area contributed by atoms with Gasteiger partial charge in [0.05, 0.1) is 6.61 Å². The molecule has 0 atom stereocenters. The number of thiocarbonyl (C=S) groups is 1. The summed E-state index contributed by atoms with van der Waals surface area (Å²) in [5, 5.41) is 0. The maximum atomic E-state index is 4.98. The molecular formula is C5H10OPtS2.